The summed E-state index contributed by atoms with van der Waals surface area (Å²) >= 11 is 0. The fraction of sp³-hybridized carbons (Fsp3) is 0.429. The van der Waals surface area contributed by atoms with Crippen LogP contribution in [0.4, 0.5) is 0 Å². The molecular formula is C14H18N2O3. The number of hydrogen-bond donors (Lipinski definition) is 2. The van der Waals surface area contributed by atoms with Crippen molar-refractivity contribution in [2.24, 2.45) is 5.73 Å². The zero-order chi connectivity index (χ0) is 14.0. The van der Waals surface area contributed by atoms with Gasteiger partial charge in [-0.25, -0.2) is 4.79 Å². The second-order valence-electron chi connectivity index (χ2n) is 4.81. The zero-order valence-corrected chi connectivity index (χ0v) is 10.9. The molecule has 1 amide bonds. The van der Waals surface area contributed by atoms with Crippen LogP contribution in [0, 0.1) is 0 Å². The number of nitrogens with zero attached hydrogens (tertiary/aromatic N) is 1. The van der Waals surface area contributed by atoms with Crippen molar-refractivity contribution in [1.82, 2.24) is 4.90 Å². The van der Waals surface area contributed by atoms with Crippen molar-refractivity contribution in [3.63, 3.8) is 0 Å². The Labute approximate surface area is 112 Å². The fourth-order valence-corrected chi connectivity index (χ4v) is 2.36. The molecule has 5 nitrogen and oxygen atoms in total. The van der Waals surface area contributed by atoms with E-state index in [0.717, 1.165) is 11.1 Å². The van der Waals surface area contributed by atoms with Gasteiger partial charge in [-0.1, -0.05) is 31.2 Å². The number of hydrogen-bond acceptors (Lipinski definition) is 3. The molecule has 2 atom stereocenters. The number of nitrogens with two attached hydrogens (primary N) is 1. The van der Waals surface area contributed by atoms with E-state index in [9.17, 15) is 14.7 Å². The highest BCUT2D eigenvalue weighted by molar-refractivity contribution is 5.87. The van der Waals surface area contributed by atoms with Crippen LogP contribution in [0.15, 0.2) is 24.3 Å². The predicted octanol–water partition coefficient (Wildman–Crippen LogP) is 0.762. The van der Waals surface area contributed by atoms with Gasteiger partial charge in [-0.3, -0.25) is 4.79 Å². The molecule has 0 saturated carbocycles. The topological polar surface area (TPSA) is 83.6 Å². The first kappa shape index (κ1) is 13.5. The SMILES string of the molecule is CC[C@@H](N)C(=O)N1Cc2ccccc2C[C@@H]1C(=O)O. The minimum Gasteiger partial charge on any atom is -0.480 e. The van der Waals surface area contributed by atoms with Crippen molar-refractivity contribution in [2.75, 3.05) is 0 Å². The van der Waals surface area contributed by atoms with Gasteiger partial charge in [-0.2, -0.15) is 0 Å². The van der Waals surface area contributed by atoms with Gasteiger partial charge in [-0.05, 0) is 17.5 Å². The van der Waals surface area contributed by atoms with E-state index < -0.39 is 18.1 Å². The number of benzene rings is 1. The Morgan fingerprint density at radius 2 is 2.05 bits per heavy atom. The Bertz CT molecular complexity index is 501. The van der Waals surface area contributed by atoms with Gasteiger partial charge in [0.2, 0.25) is 5.91 Å². The van der Waals surface area contributed by atoms with E-state index in [0.29, 0.717) is 19.4 Å². The van der Waals surface area contributed by atoms with Gasteiger partial charge in [0.15, 0.2) is 0 Å². The van der Waals surface area contributed by atoms with Crippen LogP contribution >= 0.6 is 0 Å². The lowest BCUT2D eigenvalue weighted by Gasteiger charge is -2.35. The quantitative estimate of drug-likeness (QED) is 0.842. The second kappa shape index (κ2) is 5.40. The van der Waals surface area contributed by atoms with Crippen molar-refractivity contribution in [3.05, 3.63) is 35.4 Å². The molecule has 5 heteroatoms. The number of carbonyl (C=O) groups excluding carboxylic acids is 1. The molecule has 0 saturated heterocycles. The molecule has 1 aromatic carbocycles. The highest BCUT2D eigenvalue weighted by Gasteiger charge is 2.35. The molecule has 0 bridgehead atoms. The van der Waals surface area contributed by atoms with E-state index in [1.807, 2.05) is 31.2 Å². The molecule has 19 heavy (non-hydrogen) atoms. The number of carboxylic acids is 1. The highest BCUT2D eigenvalue weighted by atomic mass is 16.4. The van der Waals surface area contributed by atoms with Gasteiger partial charge in [0.1, 0.15) is 6.04 Å². The number of carboxylic acid groups (broad SMARTS) is 1. The molecule has 1 aliphatic rings. The molecule has 2 rings (SSSR count). The maximum absolute atomic E-state index is 12.2. The molecule has 102 valence electrons. The predicted molar refractivity (Wildman–Crippen MR) is 70.4 cm³/mol. The number of amides is 1. The van der Waals surface area contributed by atoms with Gasteiger partial charge in [0.25, 0.3) is 0 Å². The van der Waals surface area contributed by atoms with E-state index in [2.05, 4.69) is 0 Å². The molecule has 1 heterocycles. The van der Waals surface area contributed by atoms with Crippen LogP contribution in [0.2, 0.25) is 0 Å². The van der Waals surface area contributed by atoms with E-state index in [1.54, 1.807) is 0 Å². The minimum absolute atomic E-state index is 0.288. The second-order valence-corrected chi connectivity index (χ2v) is 4.81. The highest BCUT2D eigenvalue weighted by Crippen LogP contribution is 2.24. The third kappa shape index (κ3) is 2.61. The first-order chi connectivity index (χ1) is 9.04. The molecule has 0 aliphatic carbocycles. The monoisotopic (exact) mass is 262 g/mol. The number of aliphatic carboxylic acids is 1. The van der Waals surface area contributed by atoms with Crippen LogP contribution < -0.4 is 5.73 Å². The lowest BCUT2D eigenvalue weighted by Crippen LogP contribution is -2.53. The summed E-state index contributed by atoms with van der Waals surface area (Å²) in [7, 11) is 0. The third-order valence-electron chi connectivity index (χ3n) is 3.57. The number of fused-ring (bicyclic) bond motifs is 1. The summed E-state index contributed by atoms with van der Waals surface area (Å²) in [5.74, 6) is -1.27. The Kier molecular flexibility index (Phi) is 3.85. The molecule has 0 radical (unpaired) electrons. The van der Waals surface area contributed by atoms with Crippen molar-refractivity contribution >= 4 is 11.9 Å². The lowest BCUT2D eigenvalue weighted by atomic mass is 9.93. The van der Waals surface area contributed by atoms with Gasteiger partial charge < -0.3 is 15.7 Å². The fourth-order valence-electron chi connectivity index (χ4n) is 2.36. The summed E-state index contributed by atoms with van der Waals surface area (Å²) in [5, 5.41) is 9.30. The molecule has 0 unspecified atom stereocenters. The standard InChI is InChI=1S/C14H18N2O3/c1-2-11(15)13(17)16-8-10-6-4-3-5-9(10)7-12(16)14(18)19/h3-6,11-12H,2,7-8,15H2,1H3,(H,18,19)/t11-,12-/m1/s1. The minimum atomic E-state index is -0.980. The zero-order valence-electron chi connectivity index (χ0n) is 10.9. The molecule has 0 aromatic heterocycles. The Balaban J connectivity index is 2.31. The van der Waals surface area contributed by atoms with Crippen molar-refractivity contribution in [2.45, 2.75) is 38.4 Å². The van der Waals surface area contributed by atoms with E-state index in [4.69, 9.17) is 5.73 Å². The Hall–Kier alpha value is -1.88. The lowest BCUT2D eigenvalue weighted by molar-refractivity contribution is -0.152. The summed E-state index contributed by atoms with van der Waals surface area (Å²) < 4.78 is 0. The average Bonchev–Trinajstić information content (AvgIpc) is 2.44. The first-order valence-electron chi connectivity index (χ1n) is 6.40. The molecule has 1 aromatic rings. The Morgan fingerprint density at radius 1 is 1.42 bits per heavy atom. The van der Waals surface area contributed by atoms with Crippen LogP contribution in [0.25, 0.3) is 0 Å². The van der Waals surface area contributed by atoms with Crippen LogP contribution in [0.1, 0.15) is 24.5 Å². The molecule has 1 aliphatic heterocycles. The van der Waals surface area contributed by atoms with Gasteiger partial charge >= 0.3 is 5.97 Å². The van der Waals surface area contributed by atoms with Gasteiger partial charge in [0.05, 0.1) is 6.04 Å². The first-order valence-corrected chi connectivity index (χ1v) is 6.40. The van der Waals surface area contributed by atoms with Crippen molar-refractivity contribution in [3.8, 4) is 0 Å². The number of carbonyl (C=O) groups is 2. The summed E-state index contributed by atoms with van der Waals surface area (Å²) in [6.45, 7) is 2.13. The van der Waals surface area contributed by atoms with Gasteiger partial charge in [-0.15, -0.1) is 0 Å². The van der Waals surface area contributed by atoms with Crippen molar-refractivity contribution < 1.29 is 14.7 Å². The van der Waals surface area contributed by atoms with Crippen LogP contribution in [-0.4, -0.2) is 34.0 Å². The molecule has 3 N–H and O–H groups in total. The molecular weight excluding hydrogens is 244 g/mol. The van der Waals surface area contributed by atoms with Gasteiger partial charge in [0, 0.05) is 13.0 Å². The Morgan fingerprint density at radius 3 is 2.63 bits per heavy atom. The van der Waals surface area contributed by atoms with Crippen molar-refractivity contribution in [1.29, 1.82) is 0 Å². The maximum Gasteiger partial charge on any atom is 0.326 e. The van der Waals surface area contributed by atoms with E-state index >= 15 is 0 Å². The third-order valence-corrected chi connectivity index (χ3v) is 3.57. The van der Waals surface area contributed by atoms with Crippen LogP contribution in [-0.2, 0) is 22.6 Å². The average molecular weight is 262 g/mol. The summed E-state index contributed by atoms with van der Waals surface area (Å²) in [4.78, 5) is 24.9. The smallest absolute Gasteiger partial charge is 0.326 e. The van der Waals surface area contributed by atoms with Crippen LogP contribution in [0.5, 0.6) is 0 Å². The maximum atomic E-state index is 12.2. The largest absolute Gasteiger partial charge is 0.480 e. The summed E-state index contributed by atoms with van der Waals surface area (Å²) in [6, 6.07) is 6.15. The molecule has 0 spiro atoms. The normalized spacial score (nSPS) is 19.7. The molecule has 0 fully saturated rings. The summed E-state index contributed by atoms with van der Waals surface area (Å²) in [6.07, 6.45) is 0.844. The summed E-state index contributed by atoms with van der Waals surface area (Å²) in [5.41, 5.74) is 7.73. The van der Waals surface area contributed by atoms with Crippen LogP contribution in [0.3, 0.4) is 0 Å². The van der Waals surface area contributed by atoms with E-state index in [1.165, 1.54) is 4.90 Å². The number of rotatable bonds is 3. The van der Waals surface area contributed by atoms with E-state index in [-0.39, 0.29) is 5.91 Å².